The lowest BCUT2D eigenvalue weighted by Gasteiger charge is -2.21. The zero-order valence-electron chi connectivity index (χ0n) is 15.6. The molecule has 140 valence electrons. The van der Waals surface area contributed by atoms with Gasteiger partial charge >= 0.3 is 0 Å². The van der Waals surface area contributed by atoms with Gasteiger partial charge in [0.05, 0.1) is 12.6 Å². The van der Waals surface area contributed by atoms with Gasteiger partial charge in [-0.15, -0.1) is 0 Å². The first kappa shape index (κ1) is 17.7. The van der Waals surface area contributed by atoms with Crippen LogP contribution in [0.2, 0.25) is 0 Å². The maximum atomic E-state index is 10.2. The standard InChI is InChI=1S/C21H25N5O/c1-2-17(27)15-26-21(23-20(24-26)16-9-11-22-12-10-16)18-7-3-4-8-19(18)25-13-5-6-14-25/h3-4,7-12,17,27H,2,5-6,13-15H2,1H3. The Bertz CT molecular complexity index is 887. The number of benzene rings is 1. The summed E-state index contributed by atoms with van der Waals surface area (Å²) in [4.78, 5) is 11.3. The van der Waals surface area contributed by atoms with Crippen LogP contribution >= 0.6 is 0 Å². The molecule has 0 spiro atoms. The lowest BCUT2D eigenvalue weighted by molar-refractivity contribution is 0.146. The summed E-state index contributed by atoms with van der Waals surface area (Å²) in [6.45, 7) is 4.54. The fourth-order valence-electron chi connectivity index (χ4n) is 3.52. The van der Waals surface area contributed by atoms with Crippen LogP contribution < -0.4 is 4.90 Å². The van der Waals surface area contributed by atoms with Crippen LogP contribution in [0.3, 0.4) is 0 Å². The highest BCUT2D eigenvalue weighted by atomic mass is 16.3. The van der Waals surface area contributed by atoms with Gasteiger partial charge in [0.25, 0.3) is 0 Å². The largest absolute Gasteiger partial charge is 0.391 e. The molecule has 1 aromatic carbocycles. The first-order chi connectivity index (χ1) is 13.3. The Morgan fingerprint density at radius 2 is 1.81 bits per heavy atom. The number of pyridine rings is 1. The van der Waals surface area contributed by atoms with E-state index in [-0.39, 0.29) is 0 Å². The third-order valence-electron chi connectivity index (χ3n) is 5.06. The van der Waals surface area contributed by atoms with E-state index in [1.165, 1.54) is 18.5 Å². The van der Waals surface area contributed by atoms with E-state index in [9.17, 15) is 5.11 Å². The molecular formula is C21H25N5O. The minimum absolute atomic E-state index is 0.429. The number of aromatic nitrogens is 4. The first-order valence-corrected chi connectivity index (χ1v) is 9.64. The highest BCUT2D eigenvalue weighted by Gasteiger charge is 2.21. The average Bonchev–Trinajstić information content (AvgIpc) is 3.39. The second-order valence-corrected chi connectivity index (χ2v) is 6.95. The van der Waals surface area contributed by atoms with Gasteiger partial charge in [-0.1, -0.05) is 19.1 Å². The number of rotatable bonds is 6. The molecule has 6 nitrogen and oxygen atoms in total. The van der Waals surface area contributed by atoms with E-state index >= 15 is 0 Å². The zero-order valence-corrected chi connectivity index (χ0v) is 15.6. The van der Waals surface area contributed by atoms with Gasteiger partial charge < -0.3 is 10.0 Å². The molecule has 1 aliphatic heterocycles. The normalized spacial score (nSPS) is 15.3. The smallest absolute Gasteiger partial charge is 0.181 e. The Morgan fingerprint density at radius 1 is 1.07 bits per heavy atom. The highest BCUT2D eigenvalue weighted by Crippen LogP contribution is 2.33. The van der Waals surface area contributed by atoms with Crippen molar-refractivity contribution in [3.05, 3.63) is 48.8 Å². The van der Waals surface area contributed by atoms with Gasteiger partial charge in [0.2, 0.25) is 0 Å². The molecule has 0 bridgehead atoms. The molecule has 6 heteroatoms. The van der Waals surface area contributed by atoms with Crippen LogP contribution in [0.25, 0.3) is 22.8 Å². The lowest BCUT2D eigenvalue weighted by Crippen LogP contribution is -2.20. The number of para-hydroxylation sites is 1. The third-order valence-corrected chi connectivity index (χ3v) is 5.06. The van der Waals surface area contributed by atoms with Crippen molar-refractivity contribution in [3.63, 3.8) is 0 Å². The van der Waals surface area contributed by atoms with E-state index in [4.69, 9.17) is 10.1 Å². The van der Waals surface area contributed by atoms with Crippen LogP contribution in [-0.4, -0.2) is 44.0 Å². The Hall–Kier alpha value is -2.73. The van der Waals surface area contributed by atoms with E-state index < -0.39 is 6.10 Å². The monoisotopic (exact) mass is 363 g/mol. The number of hydrogen-bond acceptors (Lipinski definition) is 5. The predicted octanol–water partition coefficient (Wildman–Crippen LogP) is 3.38. The summed E-state index contributed by atoms with van der Waals surface area (Å²) in [5.74, 6) is 1.46. The van der Waals surface area contributed by atoms with Crippen molar-refractivity contribution in [2.75, 3.05) is 18.0 Å². The maximum Gasteiger partial charge on any atom is 0.181 e. The lowest BCUT2D eigenvalue weighted by atomic mass is 10.1. The van der Waals surface area contributed by atoms with Crippen LogP contribution in [0.4, 0.5) is 5.69 Å². The topological polar surface area (TPSA) is 67.1 Å². The van der Waals surface area contributed by atoms with Crippen molar-refractivity contribution in [1.29, 1.82) is 0 Å². The summed E-state index contributed by atoms with van der Waals surface area (Å²) in [5.41, 5.74) is 3.18. The fraction of sp³-hybridized carbons (Fsp3) is 0.381. The SMILES string of the molecule is CCC(O)Cn1nc(-c2ccncc2)nc1-c1ccccc1N1CCCC1. The third kappa shape index (κ3) is 3.71. The molecule has 0 amide bonds. The Morgan fingerprint density at radius 3 is 2.56 bits per heavy atom. The number of aliphatic hydroxyl groups is 1. The van der Waals surface area contributed by atoms with Gasteiger partial charge in [-0.05, 0) is 43.5 Å². The number of nitrogens with zero attached hydrogens (tertiary/aromatic N) is 5. The minimum Gasteiger partial charge on any atom is -0.391 e. The molecule has 3 heterocycles. The molecule has 4 rings (SSSR count). The van der Waals surface area contributed by atoms with E-state index in [1.54, 1.807) is 12.4 Å². The quantitative estimate of drug-likeness (QED) is 0.727. The summed E-state index contributed by atoms with van der Waals surface area (Å²) in [5, 5.41) is 14.9. The summed E-state index contributed by atoms with van der Waals surface area (Å²) >= 11 is 0. The van der Waals surface area contributed by atoms with Crippen molar-refractivity contribution in [2.45, 2.75) is 38.8 Å². The Labute approximate surface area is 159 Å². The van der Waals surface area contributed by atoms with Gasteiger partial charge in [0.15, 0.2) is 11.6 Å². The molecule has 0 saturated carbocycles. The first-order valence-electron chi connectivity index (χ1n) is 9.64. The summed E-state index contributed by atoms with van der Waals surface area (Å²) in [6, 6.07) is 12.2. The van der Waals surface area contributed by atoms with Crippen molar-refractivity contribution in [3.8, 4) is 22.8 Å². The average molecular weight is 363 g/mol. The van der Waals surface area contributed by atoms with Crippen molar-refractivity contribution < 1.29 is 5.11 Å². The molecule has 1 fully saturated rings. The van der Waals surface area contributed by atoms with Gasteiger partial charge in [0, 0.05) is 42.3 Å². The highest BCUT2D eigenvalue weighted by molar-refractivity contribution is 5.76. The van der Waals surface area contributed by atoms with Crippen LogP contribution in [0, 0.1) is 0 Å². The van der Waals surface area contributed by atoms with E-state index in [0.717, 1.165) is 30.0 Å². The summed E-state index contributed by atoms with van der Waals surface area (Å²) in [6.07, 6.45) is 6.16. The molecule has 3 aromatic rings. The number of aliphatic hydroxyl groups excluding tert-OH is 1. The molecule has 1 unspecified atom stereocenters. The van der Waals surface area contributed by atoms with Crippen LogP contribution in [-0.2, 0) is 6.54 Å². The molecule has 1 saturated heterocycles. The van der Waals surface area contributed by atoms with Gasteiger partial charge in [0.1, 0.15) is 0 Å². The molecule has 1 aliphatic rings. The van der Waals surface area contributed by atoms with Gasteiger partial charge in [-0.3, -0.25) is 4.98 Å². The molecular weight excluding hydrogens is 338 g/mol. The summed E-state index contributed by atoms with van der Waals surface area (Å²) in [7, 11) is 0. The molecule has 2 aromatic heterocycles. The molecule has 1 atom stereocenters. The second-order valence-electron chi connectivity index (χ2n) is 6.95. The molecule has 27 heavy (non-hydrogen) atoms. The van der Waals surface area contributed by atoms with Gasteiger partial charge in [-0.2, -0.15) is 5.10 Å². The van der Waals surface area contributed by atoms with E-state index in [0.29, 0.717) is 18.8 Å². The van der Waals surface area contributed by atoms with E-state index in [2.05, 4.69) is 28.1 Å². The Kier molecular flexibility index (Phi) is 5.16. The second kappa shape index (κ2) is 7.88. The van der Waals surface area contributed by atoms with Crippen LogP contribution in [0.15, 0.2) is 48.8 Å². The fourth-order valence-corrected chi connectivity index (χ4v) is 3.52. The van der Waals surface area contributed by atoms with Crippen molar-refractivity contribution in [1.82, 2.24) is 19.7 Å². The van der Waals surface area contributed by atoms with Crippen molar-refractivity contribution in [2.24, 2.45) is 0 Å². The predicted molar refractivity (Wildman–Crippen MR) is 106 cm³/mol. The maximum absolute atomic E-state index is 10.2. The van der Waals surface area contributed by atoms with Crippen LogP contribution in [0.5, 0.6) is 0 Å². The van der Waals surface area contributed by atoms with Crippen molar-refractivity contribution >= 4 is 5.69 Å². The number of hydrogen-bond donors (Lipinski definition) is 1. The minimum atomic E-state index is -0.449. The summed E-state index contributed by atoms with van der Waals surface area (Å²) < 4.78 is 1.85. The molecule has 0 radical (unpaired) electrons. The number of anilines is 1. The van der Waals surface area contributed by atoms with Gasteiger partial charge in [-0.25, -0.2) is 9.67 Å². The zero-order chi connectivity index (χ0) is 18.6. The molecule has 0 aliphatic carbocycles. The molecule has 1 N–H and O–H groups in total. The van der Waals surface area contributed by atoms with Crippen LogP contribution in [0.1, 0.15) is 26.2 Å². The Balaban J connectivity index is 1.80. The van der Waals surface area contributed by atoms with E-state index in [1.807, 2.05) is 29.8 Å².